The molecule has 4 rings (SSSR count). The smallest absolute Gasteiger partial charge is 0.0897 e. The van der Waals surface area contributed by atoms with Crippen LogP contribution in [0.15, 0.2) is 29.8 Å². The molecular formula is C19H26N4OS. The molecule has 4 heterocycles. The van der Waals surface area contributed by atoms with Crippen molar-refractivity contribution in [2.75, 3.05) is 32.8 Å². The first-order valence-corrected chi connectivity index (χ1v) is 9.98. The topological polar surface area (TPSA) is 41.5 Å². The maximum Gasteiger partial charge on any atom is 0.0897 e. The predicted octanol–water partition coefficient (Wildman–Crippen LogP) is 2.71. The number of likely N-dealkylation sites (tertiary alicyclic amines) is 1. The molecule has 6 heteroatoms. The van der Waals surface area contributed by atoms with E-state index in [9.17, 15) is 0 Å². The van der Waals surface area contributed by atoms with Crippen LogP contribution in [-0.2, 0) is 17.8 Å². The van der Waals surface area contributed by atoms with Gasteiger partial charge in [-0.05, 0) is 31.9 Å². The van der Waals surface area contributed by atoms with Crippen LogP contribution >= 0.6 is 11.3 Å². The van der Waals surface area contributed by atoms with E-state index in [-0.39, 0.29) is 5.60 Å². The monoisotopic (exact) mass is 358 g/mol. The number of rotatable bonds is 4. The van der Waals surface area contributed by atoms with Gasteiger partial charge in [-0.2, -0.15) is 0 Å². The Balaban J connectivity index is 1.32. The third-order valence-corrected chi connectivity index (χ3v) is 6.08. The highest BCUT2D eigenvalue weighted by Gasteiger charge is 2.39. The van der Waals surface area contributed by atoms with Gasteiger partial charge in [-0.15, -0.1) is 11.3 Å². The molecule has 2 aliphatic heterocycles. The summed E-state index contributed by atoms with van der Waals surface area (Å²) in [6.07, 6.45) is 4.09. The maximum absolute atomic E-state index is 6.27. The molecule has 2 aliphatic rings. The summed E-state index contributed by atoms with van der Waals surface area (Å²) in [5.41, 5.74) is 2.39. The first-order valence-electron chi connectivity index (χ1n) is 9.10. The van der Waals surface area contributed by atoms with Gasteiger partial charge in [0.05, 0.1) is 28.6 Å². The van der Waals surface area contributed by atoms with Crippen molar-refractivity contribution in [1.82, 2.24) is 19.8 Å². The molecule has 134 valence electrons. The van der Waals surface area contributed by atoms with E-state index in [0.717, 1.165) is 69.4 Å². The lowest BCUT2D eigenvalue weighted by Gasteiger charge is -2.47. The summed E-state index contributed by atoms with van der Waals surface area (Å²) in [7, 11) is 0. The van der Waals surface area contributed by atoms with Crippen molar-refractivity contribution in [3.8, 4) is 0 Å². The Kier molecular flexibility index (Phi) is 5.12. The third-order valence-electron chi connectivity index (χ3n) is 5.26. The van der Waals surface area contributed by atoms with Gasteiger partial charge >= 0.3 is 0 Å². The zero-order chi connectivity index (χ0) is 17.1. The molecule has 0 aliphatic carbocycles. The summed E-state index contributed by atoms with van der Waals surface area (Å²) in [4.78, 5) is 14.1. The fourth-order valence-electron chi connectivity index (χ4n) is 3.91. The second-order valence-electron chi connectivity index (χ2n) is 7.20. The molecule has 2 aromatic heterocycles. The van der Waals surface area contributed by atoms with Crippen molar-refractivity contribution in [1.29, 1.82) is 0 Å². The Morgan fingerprint density at radius 2 is 1.96 bits per heavy atom. The van der Waals surface area contributed by atoms with E-state index in [4.69, 9.17) is 4.74 Å². The summed E-state index contributed by atoms with van der Waals surface area (Å²) in [6, 6.07) is 6.15. The Morgan fingerprint density at radius 3 is 2.68 bits per heavy atom. The molecule has 2 saturated heterocycles. The zero-order valence-corrected chi connectivity index (χ0v) is 15.7. The van der Waals surface area contributed by atoms with Gasteiger partial charge in [-0.1, -0.05) is 6.07 Å². The number of aromatic nitrogens is 2. The Labute approximate surface area is 153 Å². The Hall–Kier alpha value is -1.34. The first-order chi connectivity index (χ1) is 12.2. The van der Waals surface area contributed by atoms with Gasteiger partial charge in [0.2, 0.25) is 0 Å². The first kappa shape index (κ1) is 17.1. The average molecular weight is 359 g/mol. The number of morpholine rings is 1. The largest absolute Gasteiger partial charge is 0.372 e. The van der Waals surface area contributed by atoms with E-state index in [0.29, 0.717) is 0 Å². The van der Waals surface area contributed by atoms with Crippen LogP contribution in [0.4, 0.5) is 0 Å². The SMILES string of the molecule is Cc1nc(CN2CCC3(CC2)CN(Cc2ccccn2)CCO3)cs1. The molecule has 0 bridgehead atoms. The highest BCUT2D eigenvalue weighted by molar-refractivity contribution is 7.09. The fourth-order valence-corrected chi connectivity index (χ4v) is 4.51. The van der Waals surface area contributed by atoms with Crippen LogP contribution < -0.4 is 0 Å². The summed E-state index contributed by atoms with van der Waals surface area (Å²) in [5, 5.41) is 3.34. The van der Waals surface area contributed by atoms with E-state index in [1.165, 1.54) is 5.69 Å². The van der Waals surface area contributed by atoms with E-state index in [2.05, 4.69) is 44.2 Å². The molecule has 0 radical (unpaired) electrons. The van der Waals surface area contributed by atoms with Crippen LogP contribution in [0, 0.1) is 6.92 Å². The van der Waals surface area contributed by atoms with Gasteiger partial charge in [0, 0.05) is 50.8 Å². The molecule has 0 unspecified atom stereocenters. The standard InChI is InChI=1S/C19H26N4OS/c1-16-21-18(14-25-16)13-22-8-5-19(6-9-22)15-23(10-11-24-19)12-17-4-2-3-7-20-17/h2-4,7,14H,5-6,8-13,15H2,1H3. The minimum Gasteiger partial charge on any atom is -0.372 e. The molecule has 0 aromatic carbocycles. The summed E-state index contributed by atoms with van der Waals surface area (Å²) >= 11 is 1.74. The maximum atomic E-state index is 6.27. The number of piperidine rings is 1. The van der Waals surface area contributed by atoms with Gasteiger partial charge in [0.25, 0.3) is 0 Å². The number of ether oxygens (including phenoxy) is 1. The summed E-state index contributed by atoms with van der Waals surface area (Å²) < 4.78 is 6.27. The number of aryl methyl sites for hydroxylation is 1. The average Bonchev–Trinajstić information content (AvgIpc) is 3.03. The Morgan fingerprint density at radius 1 is 1.12 bits per heavy atom. The molecule has 0 amide bonds. The van der Waals surface area contributed by atoms with Crippen LogP contribution in [0.1, 0.15) is 29.2 Å². The molecule has 0 atom stereocenters. The quantitative estimate of drug-likeness (QED) is 0.841. The Bertz CT molecular complexity index is 682. The number of hydrogen-bond donors (Lipinski definition) is 0. The zero-order valence-electron chi connectivity index (χ0n) is 14.9. The van der Waals surface area contributed by atoms with Crippen LogP contribution in [0.2, 0.25) is 0 Å². The van der Waals surface area contributed by atoms with Gasteiger partial charge in [-0.3, -0.25) is 14.8 Å². The van der Waals surface area contributed by atoms with Gasteiger partial charge < -0.3 is 4.74 Å². The second kappa shape index (κ2) is 7.50. The van der Waals surface area contributed by atoms with Gasteiger partial charge in [0.1, 0.15) is 0 Å². The fraction of sp³-hybridized carbons (Fsp3) is 0.579. The lowest BCUT2D eigenvalue weighted by Crippen LogP contribution is -2.56. The van der Waals surface area contributed by atoms with Gasteiger partial charge in [-0.25, -0.2) is 4.98 Å². The molecule has 0 N–H and O–H groups in total. The molecule has 0 saturated carbocycles. The number of thiazole rings is 1. The highest BCUT2D eigenvalue weighted by atomic mass is 32.1. The van der Waals surface area contributed by atoms with Crippen LogP contribution in [0.25, 0.3) is 0 Å². The predicted molar refractivity (Wildman–Crippen MR) is 99.6 cm³/mol. The van der Waals surface area contributed by atoms with E-state index in [1.54, 1.807) is 11.3 Å². The van der Waals surface area contributed by atoms with E-state index >= 15 is 0 Å². The molecule has 2 aromatic rings. The van der Waals surface area contributed by atoms with Crippen molar-refractivity contribution >= 4 is 11.3 Å². The molecule has 5 nitrogen and oxygen atoms in total. The number of hydrogen-bond acceptors (Lipinski definition) is 6. The van der Waals surface area contributed by atoms with Crippen molar-refractivity contribution in [2.45, 2.75) is 38.5 Å². The summed E-state index contributed by atoms with van der Waals surface area (Å²) in [5.74, 6) is 0. The minimum atomic E-state index is 0.0293. The van der Waals surface area contributed by atoms with Gasteiger partial charge in [0.15, 0.2) is 0 Å². The van der Waals surface area contributed by atoms with Crippen molar-refractivity contribution in [3.05, 3.63) is 46.2 Å². The van der Waals surface area contributed by atoms with E-state index < -0.39 is 0 Å². The third kappa shape index (κ3) is 4.26. The van der Waals surface area contributed by atoms with Crippen LogP contribution in [0.3, 0.4) is 0 Å². The minimum absolute atomic E-state index is 0.0293. The van der Waals surface area contributed by atoms with Crippen LogP contribution in [-0.4, -0.2) is 58.2 Å². The number of nitrogens with zero attached hydrogens (tertiary/aromatic N) is 4. The highest BCUT2D eigenvalue weighted by Crippen LogP contribution is 2.31. The molecular weight excluding hydrogens is 332 g/mol. The van der Waals surface area contributed by atoms with Crippen molar-refractivity contribution < 1.29 is 4.74 Å². The van der Waals surface area contributed by atoms with Crippen LogP contribution in [0.5, 0.6) is 0 Å². The van der Waals surface area contributed by atoms with E-state index in [1.807, 2.05) is 12.3 Å². The number of pyridine rings is 1. The second-order valence-corrected chi connectivity index (χ2v) is 8.26. The lowest BCUT2D eigenvalue weighted by atomic mass is 9.89. The van der Waals surface area contributed by atoms with Crippen molar-refractivity contribution in [2.24, 2.45) is 0 Å². The molecule has 25 heavy (non-hydrogen) atoms. The lowest BCUT2D eigenvalue weighted by molar-refractivity contribution is -0.138. The molecule has 1 spiro atoms. The summed E-state index contributed by atoms with van der Waals surface area (Å²) in [6.45, 7) is 9.00. The molecule has 2 fully saturated rings. The van der Waals surface area contributed by atoms with Crippen molar-refractivity contribution in [3.63, 3.8) is 0 Å². The normalized spacial score (nSPS) is 21.6.